The third-order valence-electron chi connectivity index (χ3n) is 2.69. The molecule has 0 bridgehead atoms. The van der Waals surface area contributed by atoms with Crippen LogP contribution in [0.5, 0.6) is 0 Å². The molecule has 0 spiro atoms. The number of nitrogens with two attached hydrogens (primary N) is 1. The van der Waals surface area contributed by atoms with Crippen molar-refractivity contribution < 1.29 is 8.91 Å². The van der Waals surface area contributed by atoms with Gasteiger partial charge in [0.2, 0.25) is 5.88 Å². The zero-order chi connectivity index (χ0) is 13.4. The Hall–Kier alpha value is -1.85. The number of hydrogen-bond donors (Lipinski definition) is 1. The van der Waals surface area contributed by atoms with Gasteiger partial charge in [-0.05, 0) is 17.5 Å². The van der Waals surface area contributed by atoms with Crippen LogP contribution in [0.3, 0.4) is 0 Å². The molecule has 96 valence electrons. The predicted molar refractivity (Wildman–Crippen MR) is 74.6 cm³/mol. The molecule has 6 heteroatoms. The van der Waals surface area contributed by atoms with Crippen LogP contribution in [-0.2, 0) is 0 Å². The molecule has 3 aromatic rings. The second-order valence-electron chi connectivity index (χ2n) is 3.85. The average molecular weight is 295 g/mol. The van der Waals surface area contributed by atoms with Gasteiger partial charge in [-0.25, -0.2) is 4.39 Å². The Morgan fingerprint density at radius 1 is 1.26 bits per heavy atom. The number of benzene rings is 1. The van der Waals surface area contributed by atoms with E-state index < -0.39 is 5.82 Å². The molecule has 0 aliphatic carbocycles. The number of aromatic nitrogens is 1. The summed E-state index contributed by atoms with van der Waals surface area (Å²) in [6.07, 6.45) is 0. The summed E-state index contributed by atoms with van der Waals surface area (Å²) >= 11 is 7.47. The van der Waals surface area contributed by atoms with Crippen LogP contribution in [0.2, 0.25) is 5.02 Å². The van der Waals surface area contributed by atoms with Gasteiger partial charge in [0, 0.05) is 10.4 Å². The number of nitrogens with zero attached hydrogens (tertiary/aromatic N) is 1. The number of hydrogen-bond acceptors (Lipinski definition) is 4. The van der Waals surface area contributed by atoms with E-state index in [0.717, 1.165) is 4.88 Å². The maximum atomic E-state index is 13.5. The highest BCUT2D eigenvalue weighted by Gasteiger charge is 2.21. The minimum Gasteiger partial charge on any atom is -0.367 e. The molecule has 0 saturated heterocycles. The van der Waals surface area contributed by atoms with Crippen molar-refractivity contribution in [2.45, 2.75) is 0 Å². The van der Waals surface area contributed by atoms with Crippen LogP contribution < -0.4 is 5.73 Å². The van der Waals surface area contributed by atoms with Crippen molar-refractivity contribution in [2.24, 2.45) is 0 Å². The topological polar surface area (TPSA) is 52.0 Å². The van der Waals surface area contributed by atoms with Crippen LogP contribution in [0.4, 0.5) is 10.3 Å². The molecular weight excluding hydrogens is 287 g/mol. The fourth-order valence-corrected chi connectivity index (χ4v) is 2.82. The Bertz CT molecular complexity index is 724. The third kappa shape index (κ3) is 2.01. The fraction of sp³-hybridized carbons (Fsp3) is 0. The van der Waals surface area contributed by atoms with Crippen LogP contribution in [0.1, 0.15) is 0 Å². The van der Waals surface area contributed by atoms with E-state index in [1.807, 2.05) is 17.5 Å². The van der Waals surface area contributed by atoms with Gasteiger partial charge in [-0.15, -0.1) is 11.3 Å². The highest BCUT2D eigenvalue weighted by Crippen LogP contribution is 2.41. The lowest BCUT2D eigenvalue weighted by Gasteiger charge is -2.03. The van der Waals surface area contributed by atoms with Crippen molar-refractivity contribution in [3.63, 3.8) is 0 Å². The van der Waals surface area contributed by atoms with Gasteiger partial charge in [0.15, 0.2) is 0 Å². The van der Waals surface area contributed by atoms with E-state index in [4.69, 9.17) is 21.9 Å². The monoisotopic (exact) mass is 294 g/mol. The van der Waals surface area contributed by atoms with E-state index in [-0.39, 0.29) is 10.9 Å². The van der Waals surface area contributed by atoms with E-state index in [1.165, 1.54) is 17.4 Å². The van der Waals surface area contributed by atoms with Crippen molar-refractivity contribution in [1.82, 2.24) is 5.16 Å². The summed E-state index contributed by atoms with van der Waals surface area (Å²) in [5, 5.41) is 5.82. The molecule has 2 N–H and O–H groups in total. The van der Waals surface area contributed by atoms with Crippen molar-refractivity contribution in [1.29, 1.82) is 0 Å². The number of halogens is 2. The standard InChI is InChI=1S/C13H8ClFN2OS/c14-11-7(3-1-4-8(11)15)12-10(13(16)18-17-12)9-5-2-6-19-9/h1-6H,16H2. The van der Waals surface area contributed by atoms with Gasteiger partial charge in [-0.1, -0.05) is 35.0 Å². The van der Waals surface area contributed by atoms with Gasteiger partial charge in [0.05, 0.1) is 10.6 Å². The molecule has 0 radical (unpaired) electrons. The minimum atomic E-state index is -0.502. The fourth-order valence-electron chi connectivity index (χ4n) is 1.83. The molecule has 0 saturated carbocycles. The van der Waals surface area contributed by atoms with Crippen LogP contribution in [-0.4, -0.2) is 5.16 Å². The Balaban J connectivity index is 2.25. The Morgan fingerprint density at radius 3 is 2.84 bits per heavy atom. The van der Waals surface area contributed by atoms with Crippen molar-refractivity contribution in [3.05, 3.63) is 46.6 Å². The molecule has 2 aromatic heterocycles. The first-order valence-electron chi connectivity index (χ1n) is 5.42. The van der Waals surface area contributed by atoms with E-state index in [1.54, 1.807) is 12.1 Å². The molecule has 0 amide bonds. The van der Waals surface area contributed by atoms with Crippen LogP contribution in [0.15, 0.2) is 40.2 Å². The summed E-state index contributed by atoms with van der Waals surface area (Å²) in [6, 6.07) is 8.33. The molecule has 19 heavy (non-hydrogen) atoms. The van der Waals surface area contributed by atoms with Gasteiger partial charge in [0.1, 0.15) is 11.5 Å². The summed E-state index contributed by atoms with van der Waals surface area (Å²) in [5.74, 6) is -0.310. The smallest absolute Gasteiger partial charge is 0.231 e. The lowest BCUT2D eigenvalue weighted by atomic mass is 10.1. The van der Waals surface area contributed by atoms with Crippen LogP contribution in [0, 0.1) is 5.82 Å². The first kappa shape index (κ1) is 12.2. The molecule has 3 nitrogen and oxygen atoms in total. The number of rotatable bonds is 2. The zero-order valence-electron chi connectivity index (χ0n) is 9.56. The third-order valence-corrected chi connectivity index (χ3v) is 3.96. The van der Waals surface area contributed by atoms with Crippen LogP contribution in [0.25, 0.3) is 21.7 Å². The van der Waals surface area contributed by atoms with Gasteiger partial charge < -0.3 is 10.3 Å². The van der Waals surface area contributed by atoms with E-state index in [0.29, 0.717) is 16.8 Å². The molecular formula is C13H8ClFN2OS. The summed E-state index contributed by atoms with van der Waals surface area (Å²) in [4.78, 5) is 0.897. The number of thiophene rings is 1. The lowest BCUT2D eigenvalue weighted by molar-refractivity contribution is 0.439. The predicted octanol–water partition coefficient (Wildman–Crippen LogP) is 4.44. The Kier molecular flexibility index (Phi) is 3.00. The van der Waals surface area contributed by atoms with Crippen molar-refractivity contribution >= 4 is 28.8 Å². The van der Waals surface area contributed by atoms with Gasteiger partial charge in [-0.3, -0.25) is 0 Å². The first-order valence-corrected chi connectivity index (χ1v) is 6.67. The van der Waals surface area contributed by atoms with Crippen molar-refractivity contribution in [3.8, 4) is 21.7 Å². The van der Waals surface area contributed by atoms with Crippen molar-refractivity contribution in [2.75, 3.05) is 5.73 Å². The summed E-state index contributed by atoms with van der Waals surface area (Å²) in [5.41, 5.74) is 7.35. The largest absolute Gasteiger partial charge is 0.367 e. The second-order valence-corrected chi connectivity index (χ2v) is 5.17. The number of anilines is 1. The zero-order valence-corrected chi connectivity index (χ0v) is 11.1. The minimum absolute atomic E-state index is 0.00797. The summed E-state index contributed by atoms with van der Waals surface area (Å²) < 4.78 is 18.5. The van der Waals surface area contributed by atoms with Gasteiger partial charge >= 0.3 is 0 Å². The lowest BCUT2D eigenvalue weighted by Crippen LogP contribution is -1.88. The van der Waals surface area contributed by atoms with E-state index in [9.17, 15) is 4.39 Å². The highest BCUT2D eigenvalue weighted by molar-refractivity contribution is 7.13. The molecule has 0 atom stereocenters. The molecule has 0 aliphatic heterocycles. The molecule has 3 rings (SSSR count). The molecule has 1 aromatic carbocycles. The molecule has 0 fully saturated rings. The summed E-state index contributed by atoms with van der Waals surface area (Å²) in [7, 11) is 0. The molecule has 0 unspecified atom stereocenters. The van der Waals surface area contributed by atoms with Gasteiger partial charge in [0.25, 0.3) is 0 Å². The first-order chi connectivity index (χ1) is 9.18. The maximum absolute atomic E-state index is 13.5. The number of nitrogen functional groups attached to an aromatic ring is 1. The van der Waals surface area contributed by atoms with E-state index >= 15 is 0 Å². The summed E-state index contributed by atoms with van der Waals surface area (Å²) in [6.45, 7) is 0. The quantitative estimate of drug-likeness (QED) is 0.760. The molecule has 0 aliphatic rings. The van der Waals surface area contributed by atoms with E-state index in [2.05, 4.69) is 5.16 Å². The Labute approximate surface area is 117 Å². The molecule has 2 heterocycles. The van der Waals surface area contributed by atoms with Gasteiger partial charge in [-0.2, -0.15) is 0 Å². The van der Waals surface area contributed by atoms with Crippen LogP contribution >= 0.6 is 22.9 Å². The maximum Gasteiger partial charge on any atom is 0.231 e. The Morgan fingerprint density at radius 2 is 2.11 bits per heavy atom. The normalized spacial score (nSPS) is 10.8. The average Bonchev–Trinajstić information content (AvgIpc) is 3.02. The highest BCUT2D eigenvalue weighted by atomic mass is 35.5. The second kappa shape index (κ2) is 4.68. The SMILES string of the molecule is Nc1onc(-c2cccc(F)c2Cl)c1-c1cccs1.